The van der Waals surface area contributed by atoms with E-state index in [0.29, 0.717) is 6.42 Å². The molecule has 0 spiro atoms. The first-order valence-electron chi connectivity index (χ1n) is 7.60. The third-order valence-electron chi connectivity index (χ3n) is 4.50. The standard InChI is InChI=1S/C16H17N5O/c22-15-5-4-13-14(21(15)12-3-1-7-17-11-12)6-10-20(13)16-18-8-2-9-19-16/h1-3,7-9,11,13-14H,4-6,10H2. The van der Waals surface area contributed by atoms with Crippen molar-refractivity contribution < 1.29 is 4.79 Å². The first-order chi connectivity index (χ1) is 10.8. The normalized spacial score (nSPS) is 24.5. The maximum absolute atomic E-state index is 12.4. The number of aromatic nitrogens is 3. The van der Waals surface area contributed by atoms with E-state index in [4.69, 9.17) is 0 Å². The number of hydrogen-bond donors (Lipinski definition) is 0. The minimum atomic E-state index is 0.175. The Morgan fingerprint density at radius 3 is 2.68 bits per heavy atom. The molecule has 0 N–H and O–H groups in total. The van der Waals surface area contributed by atoms with Crippen molar-refractivity contribution in [2.45, 2.75) is 31.3 Å². The molecular weight excluding hydrogens is 278 g/mol. The van der Waals surface area contributed by atoms with Gasteiger partial charge in [0.15, 0.2) is 0 Å². The van der Waals surface area contributed by atoms with Gasteiger partial charge in [-0.05, 0) is 31.0 Å². The number of amides is 1. The summed E-state index contributed by atoms with van der Waals surface area (Å²) in [6.07, 6.45) is 9.38. The second-order valence-electron chi connectivity index (χ2n) is 5.68. The van der Waals surface area contributed by atoms with Crippen LogP contribution in [0, 0.1) is 0 Å². The van der Waals surface area contributed by atoms with Crippen LogP contribution in [-0.4, -0.2) is 39.5 Å². The first-order valence-corrected chi connectivity index (χ1v) is 7.60. The van der Waals surface area contributed by atoms with E-state index in [-0.39, 0.29) is 18.0 Å². The van der Waals surface area contributed by atoms with Crippen LogP contribution in [0.25, 0.3) is 0 Å². The molecule has 0 bridgehead atoms. The van der Waals surface area contributed by atoms with Crippen molar-refractivity contribution in [3.8, 4) is 0 Å². The van der Waals surface area contributed by atoms with Crippen molar-refractivity contribution in [2.24, 2.45) is 0 Å². The molecule has 2 fully saturated rings. The molecule has 22 heavy (non-hydrogen) atoms. The fraction of sp³-hybridized carbons (Fsp3) is 0.375. The molecule has 2 atom stereocenters. The average molecular weight is 295 g/mol. The van der Waals surface area contributed by atoms with Crippen molar-refractivity contribution in [1.82, 2.24) is 15.0 Å². The highest BCUT2D eigenvalue weighted by molar-refractivity contribution is 5.95. The quantitative estimate of drug-likeness (QED) is 0.843. The third kappa shape index (κ3) is 2.11. The Labute approximate surface area is 128 Å². The molecule has 2 aromatic rings. The summed E-state index contributed by atoms with van der Waals surface area (Å²) < 4.78 is 0. The Morgan fingerprint density at radius 2 is 1.91 bits per heavy atom. The van der Waals surface area contributed by atoms with Gasteiger partial charge in [-0.2, -0.15) is 0 Å². The van der Waals surface area contributed by atoms with Crippen LogP contribution in [0.2, 0.25) is 0 Å². The monoisotopic (exact) mass is 295 g/mol. The molecule has 6 heteroatoms. The molecule has 2 aliphatic heterocycles. The molecule has 6 nitrogen and oxygen atoms in total. The SMILES string of the molecule is O=C1CCC2C(CCN2c2ncccn2)N1c1cccnc1. The maximum Gasteiger partial charge on any atom is 0.227 e. The van der Waals surface area contributed by atoms with Crippen molar-refractivity contribution in [3.05, 3.63) is 43.0 Å². The fourth-order valence-corrected chi connectivity index (χ4v) is 3.58. The van der Waals surface area contributed by atoms with Crippen LogP contribution in [0.5, 0.6) is 0 Å². The summed E-state index contributed by atoms with van der Waals surface area (Å²) in [6.45, 7) is 0.878. The summed E-state index contributed by atoms with van der Waals surface area (Å²) in [4.78, 5) is 29.5. The smallest absolute Gasteiger partial charge is 0.227 e. The molecule has 4 heterocycles. The van der Waals surface area contributed by atoms with Crippen molar-refractivity contribution >= 4 is 17.5 Å². The topological polar surface area (TPSA) is 62.2 Å². The molecule has 4 rings (SSSR count). The molecule has 0 saturated carbocycles. The minimum absolute atomic E-state index is 0.175. The van der Waals surface area contributed by atoms with E-state index >= 15 is 0 Å². The summed E-state index contributed by atoms with van der Waals surface area (Å²) in [7, 11) is 0. The Balaban J connectivity index is 1.65. The number of carbonyl (C=O) groups excluding carboxylic acids is 1. The lowest BCUT2D eigenvalue weighted by molar-refractivity contribution is -0.120. The zero-order chi connectivity index (χ0) is 14.9. The highest BCUT2D eigenvalue weighted by Gasteiger charge is 2.44. The summed E-state index contributed by atoms with van der Waals surface area (Å²) >= 11 is 0. The van der Waals surface area contributed by atoms with Gasteiger partial charge in [-0.3, -0.25) is 9.78 Å². The van der Waals surface area contributed by atoms with E-state index in [0.717, 1.165) is 31.0 Å². The van der Waals surface area contributed by atoms with Crippen LogP contribution in [0.15, 0.2) is 43.0 Å². The molecule has 1 amide bonds. The summed E-state index contributed by atoms with van der Waals surface area (Å²) in [5.41, 5.74) is 0.887. The largest absolute Gasteiger partial charge is 0.336 e. The van der Waals surface area contributed by atoms with Crippen LogP contribution in [0.3, 0.4) is 0 Å². The zero-order valence-corrected chi connectivity index (χ0v) is 12.2. The van der Waals surface area contributed by atoms with Crippen LogP contribution >= 0.6 is 0 Å². The average Bonchev–Trinajstić information content (AvgIpc) is 3.00. The van der Waals surface area contributed by atoms with Crippen LogP contribution < -0.4 is 9.80 Å². The van der Waals surface area contributed by atoms with Gasteiger partial charge in [0.05, 0.1) is 24.0 Å². The highest BCUT2D eigenvalue weighted by Crippen LogP contribution is 2.35. The number of carbonyl (C=O) groups is 1. The Hall–Kier alpha value is -2.50. The van der Waals surface area contributed by atoms with E-state index in [1.807, 2.05) is 23.1 Å². The number of hydrogen-bond acceptors (Lipinski definition) is 5. The molecule has 0 aliphatic carbocycles. The molecule has 2 saturated heterocycles. The number of anilines is 2. The molecule has 2 aromatic heterocycles. The minimum Gasteiger partial charge on any atom is -0.336 e. The van der Waals surface area contributed by atoms with Gasteiger partial charge in [0.1, 0.15) is 0 Å². The second-order valence-corrected chi connectivity index (χ2v) is 5.68. The predicted molar refractivity (Wildman–Crippen MR) is 82.5 cm³/mol. The maximum atomic E-state index is 12.4. The van der Waals surface area contributed by atoms with Crippen molar-refractivity contribution in [3.63, 3.8) is 0 Å². The van der Waals surface area contributed by atoms with Gasteiger partial charge in [0, 0.05) is 31.6 Å². The number of pyridine rings is 1. The third-order valence-corrected chi connectivity index (χ3v) is 4.50. The van der Waals surface area contributed by atoms with Crippen LogP contribution in [-0.2, 0) is 4.79 Å². The van der Waals surface area contributed by atoms with Gasteiger partial charge in [-0.25, -0.2) is 9.97 Å². The summed E-state index contributed by atoms with van der Waals surface area (Å²) in [5.74, 6) is 0.945. The van der Waals surface area contributed by atoms with E-state index in [1.54, 1.807) is 24.8 Å². The fourth-order valence-electron chi connectivity index (χ4n) is 3.58. The number of piperidine rings is 1. The molecule has 2 unspecified atom stereocenters. The van der Waals surface area contributed by atoms with Gasteiger partial charge in [-0.15, -0.1) is 0 Å². The van der Waals surface area contributed by atoms with Gasteiger partial charge >= 0.3 is 0 Å². The number of nitrogens with zero attached hydrogens (tertiary/aromatic N) is 5. The summed E-state index contributed by atoms with van der Waals surface area (Å²) in [5, 5.41) is 0. The molecule has 0 radical (unpaired) electrons. The van der Waals surface area contributed by atoms with Gasteiger partial charge in [-0.1, -0.05) is 0 Å². The lowest BCUT2D eigenvalue weighted by Gasteiger charge is -2.39. The molecule has 0 aromatic carbocycles. The van der Waals surface area contributed by atoms with Gasteiger partial charge < -0.3 is 9.80 Å². The predicted octanol–water partition coefficient (Wildman–Crippen LogP) is 1.65. The summed E-state index contributed by atoms with van der Waals surface area (Å²) in [6, 6.07) is 6.10. The van der Waals surface area contributed by atoms with Crippen molar-refractivity contribution in [1.29, 1.82) is 0 Å². The molecular formula is C16H17N5O. The van der Waals surface area contributed by atoms with Gasteiger partial charge in [0.25, 0.3) is 0 Å². The van der Waals surface area contributed by atoms with E-state index in [2.05, 4.69) is 19.9 Å². The highest BCUT2D eigenvalue weighted by atomic mass is 16.2. The van der Waals surface area contributed by atoms with Crippen LogP contribution in [0.1, 0.15) is 19.3 Å². The van der Waals surface area contributed by atoms with E-state index in [9.17, 15) is 4.79 Å². The van der Waals surface area contributed by atoms with Crippen LogP contribution in [0.4, 0.5) is 11.6 Å². The van der Waals surface area contributed by atoms with Gasteiger partial charge in [0.2, 0.25) is 11.9 Å². The lowest BCUT2D eigenvalue weighted by atomic mass is 9.96. The number of fused-ring (bicyclic) bond motifs is 1. The lowest BCUT2D eigenvalue weighted by Crippen LogP contribution is -2.53. The Kier molecular flexibility index (Phi) is 3.21. The molecule has 2 aliphatic rings. The number of rotatable bonds is 2. The second kappa shape index (κ2) is 5.36. The molecule has 112 valence electrons. The van der Waals surface area contributed by atoms with E-state index in [1.165, 1.54) is 0 Å². The Morgan fingerprint density at radius 1 is 1.05 bits per heavy atom. The van der Waals surface area contributed by atoms with E-state index < -0.39 is 0 Å². The van der Waals surface area contributed by atoms with Crippen molar-refractivity contribution in [2.75, 3.05) is 16.3 Å². The first kappa shape index (κ1) is 13.2. The zero-order valence-electron chi connectivity index (χ0n) is 12.2. The Bertz CT molecular complexity index is 663.